The van der Waals surface area contributed by atoms with Gasteiger partial charge in [-0.25, -0.2) is 4.57 Å². The van der Waals surface area contributed by atoms with Crippen LogP contribution >= 0.6 is 7.82 Å². The van der Waals surface area contributed by atoms with Gasteiger partial charge in [0.1, 0.15) is 19.8 Å². The Hall–Kier alpha value is -1.51. The van der Waals surface area contributed by atoms with Crippen LogP contribution in [0.1, 0.15) is 194 Å². The van der Waals surface area contributed by atoms with Gasteiger partial charge in [-0.1, -0.05) is 160 Å². The lowest BCUT2D eigenvalue weighted by atomic mass is 10.1. The largest absolute Gasteiger partial charge is 0.472 e. The first-order chi connectivity index (χ1) is 26.0. The second-order valence-corrected chi connectivity index (χ2v) is 17.5. The fraction of sp³-hybridized carbons (Fsp3) is 0.864. The number of nitrogens with zero attached hydrogens (tertiary/aromatic N) is 1. The van der Waals surface area contributed by atoms with Crippen molar-refractivity contribution in [3.8, 4) is 0 Å². The van der Waals surface area contributed by atoms with Crippen molar-refractivity contribution in [3.05, 3.63) is 24.3 Å². The molecule has 0 saturated heterocycles. The highest BCUT2D eigenvalue weighted by atomic mass is 31.2. The number of phosphoric ester groups is 1. The number of carbonyl (C=O) groups is 2. The highest BCUT2D eigenvalue weighted by molar-refractivity contribution is 7.47. The molecule has 0 rings (SSSR count). The van der Waals surface area contributed by atoms with Crippen LogP contribution < -0.4 is 0 Å². The molecule has 0 saturated carbocycles. The molecule has 0 heterocycles. The van der Waals surface area contributed by atoms with Crippen molar-refractivity contribution in [1.29, 1.82) is 0 Å². The van der Waals surface area contributed by atoms with Crippen molar-refractivity contribution < 1.29 is 42.1 Å². The minimum absolute atomic E-state index is 0.0326. The standard InChI is InChI=1S/C44H84NO8P/c1-6-8-10-12-14-16-18-19-20-21-22-23-24-25-27-29-31-33-35-37-44(47)53-42(41-52-54(48,49)51-39-38-45(3,4)5)40-50-43(46)36-34-32-30-28-26-17-15-13-11-9-7-2/h14,16,19-20,42H,6-13,15,17-18,21-41H2,1-5H3/p+1/b16-14-,20-19-. The summed E-state index contributed by atoms with van der Waals surface area (Å²) in [6, 6.07) is 0. The van der Waals surface area contributed by atoms with Gasteiger partial charge in [0.15, 0.2) is 6.10 Å². The average Bonchev–Trinajstić information content (AvgIpc) is 3.12. The fourth-order valence-corrected chi connectivity index (χ4v) is 6.73. The molecule has 54 heavy (non-hydrogen) atoms. The van der Waals surface area contributed by atoms with E-state index >= 15 is 0 Å². The highest BCUT2D eigenvalue weighted by Crippen LogP contribution is 2.43. The fourth-order valence-electron chi connectivity index (χ4n) is 5.99. The van der Waals surface area contributed by atoms with Gasteiger partial charge in [-0.15, -0.1) is 0 Å². The normalized spacial score (nSPS) is 13.8. The third-order valence-electron chi connectivity index (χ3n) is 9.48. The van der Waals surface area contributed by atoms with Gasteiger partial charge in [-0.2, -0.15) is 0 Å². The molecule has 0 spiro atoms. The summed E-state index contributed by atoms with van der Waals surface area (Å²) in [4.78, 5) is 35.3. The lowest BCUT2D eigenvalue weighted by Gasteiger charge is -2.24. The highest BCUT2D eigenvalue weighted by Gasteiger charge is 2.27. The quantitative estimate of drug-likeness (QED) is 0.0215. The third kappa shape index (κ3) is 40.2. The maximum atomic E-state index is 12.7. The molecular weight excluding hydrogens is 701 g/mol. The third-order valence-corrected chi connectivity index (χ3v) is 10.5. The number of likely N-dealkylation sites (N-methyl/N-ethyl adjacent to an activating group) is 1. The second-order valence-electron chi connectivity index (χ2n) is 16.1. The lowest BCUT2D eigenvalue weighted by Crippen LogP contribution is -2.37. The van der Waals surface area contributed by atoms with Gasteiger partial charge in [0.05, 0.1) is 27.7 Å². The zero-order chi connectivity index (χ0) is 40.0. The number of quaternary nitrogens is 1. The van der Waals surface area contributed by atoms with E-state index in [1.54, 1.807) is 0 Å². The number of hydrogen-bond donors (Lipinski definition) is 1. The maximum absolute atomic E-state index is 12.7. The van der Waals surface area contributed by atoms with E-state index in [1.807, 2.05) is 21.1 Å². The van der Waals surface area contributed by atoms with Crippen LogP contribution in [-0.4, -0.2) is 74.9 Å². The van der Waals surface area contributed by atoms with Crippen LogP contribution in [0.5, 0.6) is 0 Å². The summed E-state index contributed by atoms with van der Waals surface area (Å²) < 4.78 is 34.3. The van der Waals surface area contributed by atoms with Gasteiger partial charge >= 0.3 is 19.8 Å². The van der Waals surface area contributed by atoms with E-state index in [4.69, 9.17) is 18.5 Å². The van der Waals surface area contributed by atoms with E-state index in [9.17, 15) is 19.0 Å². The Kier molecular flexibility index (Phi) is 36.1. The summed E-state index contributed by atoms with van der Waals surface area (Å²) in [5.74, 6) is -0.799. The lowest BCUT2D eigenvalue weighted by molar-refractivity contribution is -0.870. The molecule has 2 unspecified atom stereocenters. The Morgan fingerprint density at radius 3 is 1.50 bits per heavy atom. The summed E-state index contributed by atoms with van der Waals surface area (Å²) in [6.07, 6.45) is 39.3. The Labute approximate surface area is 332 Å². The molecule has 0 aliphatic carbocycles. The van der Waals surface area contributed by atoms with Crippen LogP contribution in [0.4, 0.5) is 0 Å². The second kappa shape index (κ2) is 37.1. The van der Waals surface area contributed by atoms with Crippen LogP contribution in [0.25, 0.3) is 0 Å². The number of hydrogen-bond acceptors (Lipinski definition) is 7. The molecule has 10 heteroatoms. The molecule has 318 valence electrons. The summed E-state index contributed by atoms with van der Waals surface area (Å²) in [5.41, 5.74) is 0. The Balaban J connectivity index is 4.31. The minimum Gasteiger partial charge on any atom is -0.462 e. The number of rotatable bonds is 40. The molecular formula is C44H85NO8P+. The Morgan fingerprint density at radius 2 is 1.00 bits per heavy atom. The van der Waals surface area contributed by atoms with E-state index < -0.39 is 26.5 Å². The zero-order valence-corrected chi connectivity index (χ0v) is 36.6. The van der Waals surface area contributed by atoms with Gasteiger partial charge in [-0.05, 0) is 44.9 Å². The van der Waals surface area contributed by atoms with Crippen molar-refractivity contribution in [2.45, 2.75) is 200 Å². The monoisotopic (exact) mass is 787 g/mol. The topological polar surface area (TPSA) is 108 Å². The summed E-state index contributed by atoms with van der Waals surface area (Å²) in [6.45, 7) is 4.39. The maximum Gasteiger partial charge on any atom is 0.472 e. The molecule has 0 aromatic heterocycles. The predicted octanol–water partition coefficient (Wildman–Crippen LogP) is 12.4. The van der Waals surface area contributed by atoms with Gasteiger partial charge in [0, 0.05) is 12.8 Å². The number of unbranched alkanes of at least 4 members (excludes halogenated alkanes) is 22. The van der Waals surface area contributed by atoms with Crippen LogP contribution in [0.15, 0.2) is 24.3 Å². The summed E-state index contributed by atoms with van der Waals surface area (Å²) >= 11 is 0. The van der Waals surface area contributed by atoms with E-state index in [-0.39, 0.29) is 25.6 Å². The molecule has 0 aliphatic heterocycles. The number of esters is 2. The van der Waals surface area contributed by atoms with E-state index in [0.29, 0.717) is 23.9 Å². The zero-order valence-electron chi connectivity index (χ0n) is 35.7. The van der Waals surface area contributed by atoms with Crippen molar-refractivity contribution in [2.24, 2.45) is 0 Å². The van der Waals surface area contributed by atoms with Crippen molar-refractivity contribution in [3.63, 3.8) is 0 Å². The van der Waals surface area contributed by atoms with Gasteiger partial charge in [0.25, 0.3) is 0 Å². The van der Waals surface area contributed by atoms with Gasteiger partial charge in [-0.3, -0.25) is 18.6 Å². The Morgan fingerprint density at radius 1 is 0.574 bits per heavy atom. The average molecular weight is 787 g/mol. The Bertz CT molecular complexity index is 980. The molecule has 2 atom stereocenters. The molecule has 0 aliphatic rings. The van der Waals surface area contributed by atoms with Crippen molar-refractivity contribution in [1.82, 2.24) is 0 Å². The van der Waals surface area contributed by atoms with Crippen LogP contribution in [-0.2, 0) is 32.7 Å². The predicted molar refractivity (Wildman–Crippen MR) is 224 cm³/mol. The van der Waals surface area contributed by atoms with Crippen molar-refractivity contribution >= 4 is 19.8 Å². The van der Waals surface area contributed by atoms with Crippen LogP contribution in [0.3, 0.4) is 0 Å². The molecule has 0 bridgehead atoms. The number of phosphoric acid groups is 1. The van der Waals surface area contributed by atoms with E-state index in [1.165, 1.54) is 116 Å². The summed E-state index contributed by atoms with van der Waals surface area (Å²) in [5, 5.41) is 0. The molecule has 0 amide bonds. The van der Waals surface area contributed by atoms with Gasteiger partial charge in [0.2, 0.25) is 0 Å². The van der Waals surface area contributed by atoms with E-state index in [2.05, 4.69) is 38.2 Å². The smallest absolute Gasteiger partial charge is 0.462 e. The molecule has 0 fully saturated rings. The molecule has 1 N–H and O–H groups in total. The van der Waals surface area contributed by atoms with Gasteiger partial charge < -0.3 is 18.9 Å². The number of ether oxygens (including phenoxy) is 2. The van der Waals surface area contributed by atoms with E-state index in [0.717, 1.165) is 44.9 Å². The van der Waals surface area contributed by atoms with Crippen LogP contribution in [0.2, 0.25) is 0 Å². The first kappa shape index (κ1) is 52.5. The molecule has 0 aromatic carbocycles. The SMILES string of the molecule is CCCCC/C=C\C/C=C\CCCCCCCCCCCC(=O)OC(COC(=O)CCCCCCCCCCCCC)COP(=O)(O)OCC[N+](C)(C)C. The number of carbonyl (C=O) groups excluding carboxylic acids is 2. The molecule has 0 aromatic rings. The first-order valence-electron chi connectivity index (χ1n) is 22.1. The van der Waals surface area contributed by atoms with Crippen LogP contribution in [0, 0.1) is 0 Å². The molecule has 9 nitrogen and oxygen atoms in total. The summed E-state index contributed by atoms with van der Waals surface area (Å²) in [7, 11) is 1.48. The first-order valence-corrected chi connectivity index (χ1v) is 23.6. The molecule has 0 radical (unpaired) electrons. The number of allylic oxidation sites excluding steroid dienone is 4. The minimum atomic E-state index is -4.37. The van der Waals surface area contributed by atoms with Crippen molar-refractivity contribution in [2.75, 3.05) is 47.5 Å².